The summed E-state index contributed by atoms with van der Waals surface area (Å²) in [4.78, 5) is 16.3. The summed E-state index contributed by atoms with van der Waals surface area (Å²) in [5.74, 6) is -0.122. The Hall–Kier alpha value is -2.98. The van der Waals surface area contributed by atoms with Gasteiger partial charge in [-0.1, -0.05) is 30.3 Å². The van der Waals surface area contributed by atoms with E-state index in [1.54, 1.807) is 24.5 Å². The topological polar surface area (TPSA) is 54.0 Å². The predicted octanol–water partition coefficient (Wildman–Crippen LogP) is 4.42. The minimum atomic E-state index is -0.122. The second kappa shape index (κ2) is 7.72. The van der Waals surface area contributed by atoms with E-state index in [9.17, 15) is 4.79 Å². The maximum Gasteiger partial charge on any atom is 0.255 e. The fraction of sp³-hybridized carbons (Fsp3) is 0.217. The summed E-state index contributed by atoms with van der Waals surface area (Å²) in [6.45, 7) is 2.97. The van der Waals surface area contributed by atoms with Crippen LogP contribution in [-0.2, 0) is 13.0 Å². The van der Waals surface area contributed by atoms with Crippen molar-refractivity contribution < 1.29 is 4.79 Å². The lowest BCUT2D eigenvalue weighted by molar-refractivity contribution is 0.102. The Morgan fingerprint density at radius 3 is 2.78 bits per heavy atom. The van der Waals surface area contributed by atoms with Crippen molar-refractivity contribution >= 4 is 11.6 Å². The largest absolute Gasteiger partial charge is 0.322 e. The van der Waals surface area contributed by atoms with Crippen LogP contribution in [0.3, 0.4) is 0 Å². The van der Waals surface area contributed by atoms with Crippen LogP contribution in [0.2, 0.25) is 0 Å². The first-order valence-corrected chi connectivity index (χ1v) is 9.33. The molecule has 0 fully saturated rings. The fourth-order valence-electron chi connectivity index (χ4n) is 3.76. The normalized spacial score (nSPS) is 15.4. The van der Waals surface area contributed by atoms with E-state index in [2.05, 4.69) is 46.8 Å². The van der Waals surface area contributed by atoms with Crippen LogP contribution in [0.5, 0.6) is 0 Å². The van der Waals surface area contributed by atoms with Crippen molar-refractivity contribution in [3.8, 4) is 0 Å². The van der Waals surface area contributed by atoms with Gasteiger partial charge in [0.1, 0.15) is 0 Å². The van der Waals surface area contributed by atoms with Crippen molar-refractivity contribution in [2.24, 2.45) is 0 Å². The standard InChI is InChI=1S/C23H23N3O/c1-16-4-2-7-21-20(16)8-9-22(21)25-15-17-5-3-6-19(14-17)26-23(27)18-10-12-24-13-11-18/h2-7,10-14,22,25H,8-9,15H2,1H3,(H,26,27). The quantitative estimate of drug-likeness (QED) is 0.711. The molecule has 1 unspecified atom stereocenters. The van der Waals surface area contributed by atoms with Gasteiger partial charge in [0.15, 0.2) is 0 Å². The van der Waals surface area contributed by atoms with Gasteiger partial charge in [0.2, 0.25) is 0 Å². The summed E-state index contributed by atoms with van der Waals surface area (Å²) in [5, 5.41) is 6.63. The monoisotopic (exact) mass is 357 g/mol. The highest BCUT2D eigenvalue weighted by molar-refractivity contribution is 6.04. The van der Waals surface area contributed by atoms with Gasteiger partial charge in [0.25, 0.3) is 5.91 Å². The number of nitrogens with one attached hydrogen (secondary N) is 2. The van der Waals surface area contributed by atoms with Gasteiger partial charge in [0, 0.05) is 36.2 Å². The number of amides is 1. The molecule has 0 aliphatic heterocycles. The molecule has 1 aromatic heterocycles. The Morgan fingerprint density at radius 2 is 1.93 bits per heavy atom. The van der Waals surface area contributed by atoms with E-state index in [1.165, 1.54) is 16.7 Å². The second-order valence-corrected chi connectivity index (χ2v) is 7.01. The fourth-order valence-corrected chi connectivity index (χ4v) is 3.76. The van der Waals surface area contributed by atoms with E-state index in [-0.39, 0.29) is 5.91 Å². The molecule has 1 amide bonds. The molecular weight excluding hydrogens is 334 g/mol. The average molecular weight is 357 g/mol. The summed E-state index contributed by atoms with van der Waals surface area (Å²) < 4.78 is 0. The molecule has 2 aromatic carbocycles. The molecule has 1 aliphatic rings. The smallest absolute Gasteiger partial charge is 0.255 e. The molecule has 4 heteroatoms. The van der Waals surface area contributed by atoms with Gasteiger partial charge < -0.3 is 10.6 Å². The number of rotatable bonds is 5. The zero-order valence-corrected chi connectivity index (χ0v) is 15.4. The Kier molecular flexibility index (Phi) is 4.99. The van der Waals surface area contributed by atoms with Crippen molar-refractivity contribution in [2.45, 2.75) is 32.4 Å². The van der Waals surface area contributed by atoms with E-state index >= 15 is 0 Å². The van der Waals surface area contributed by atoms with Crippen molar-refractivity contribution in [1.82, 2.24) is 10.3 Å². The van der Waals surface area contributed by atoms with Gasteiger partial charge in [-0.2, -0.15) is 0 Å². The number of hydrogen-bond acceptors (Lipinski definition) is 3. The highest BCUT2D eigenvalue weighted by Crippen LogP contribution is 2.33. The number of benzene rings is 2. The van der Waals surface area contributed by atoms with Crippen LogP contribution in [0.1, 0.15) is 45.1 Å². The van der Waals surface area contributed by atoms with E-state index in [0.717, 1.165) is 30.6 Å². The maximum atomic E-state index is 12.3. The van der Waals surface area contributed by atoms with Crippen LogP contribution < -0.4 is 10.6 Å². The Bertz CT molecular complexity index is 953. The molecule has 1 heterocycles. The zero-order valence-electron chi connectivity index (χ0n) is 15.4. The molecule has 0 spiro atoms. The van der Waals surface area contributed by atoms with E-state index in [0.29, 0.717) is 11.6 Å². The number of pyridine rings is 1. The number of aryl methyl sites for hydroxylation is 1. The molecule has 4 nitrogen and oxygen atoms in total. The molecule has 0 radical (unpaired) electrons. The summed E-state index contributed by atoms with van der Waals surface area (Å²) in [7, 11) is 0. The number of fused-ring (bicyclic) bond motifs is 1. The lowest BCUT2D eigenvalue weighted by Crippen LogP contribution is -2.19. The zero-order chi connectivity index (χ0) is 18.6. The Labute approximate surface area is 159 Å². The van der Waals surface area contributed by atoms with Gasteiger partial charge in [0.05, 0.1) is 0 Å². The lowest BCUT2D eigenvalue weighted by atomic mass is 10.0. The first-order chi connectivity index (χ1) is 13.2. The van der Waals surface area contributed by atoms with Gasteiger partial charge in [-0.25, -0.2) is 0 Å². The van der Waals surface area contributed by atoms with E-state index in [1.807, 2.05) is 18.2 Å². The first kappa shape index (κ1) is 17.4. The summed E-state index contributed by atoms with van der Waals surface area (Å²) in [5.41, 5.74) is 6.87. The minimum absolute atomic E-state index is 0.122. The van der Waals surface area contributed by atoms with Crippen molar-refractivity contribution in [3.63, 3.8) is 0 Å². The van der Waals surface area contributed by atoms with Crippen molar-refractivity contribution in [3.05, 3.63) is 94.8 Å². The Morgan fingerprint density at radius 1 is 1.11 bits per heavy atom. The highest BCUT2D eigenvalue weighted by Gasteiger charge is 2.22. The molecule has 1 aliphatic carbocycles. The molecule has 4 rings (SSSR count). The average Bonchev–Trinajstić information content (AvgIpc) is 3.12. The minimum Gasteiger partial charge on any atom is -0.322 e. The van der Waals surface area contributed by atoms with Crippen LogP contribution in [0, 0.1) is 6.92 Å². The molecule has 136 valence electrons. The van der Waals surface area contributed by atoms with Gasteiger partial charge in [-0.15, -0.1) is 0 Å². The summed E-state index contributed by atoms with van der Waals surface area (Å²) >= 11 is 0. The number of nitrogens with zero attached hydrogens (tertiary/aromatic N) is 1. The number of aromatic nitrogens is 1. The molecule has 27 heavy (non-hydrogen) atoms. The predicted molar refractivity (Wildman–Crippen MR) is 108 cm³/mol. The van der Waals surface area contributed by atoms with Gasteiger partial charge in [-0.3, -0.25) is 9.78 Å². The number of anilines is 1. The number of carbonyl (C=O) groups is 1. The first-order valence-electron chi connectivity index (χ1n) is 9.33. The van der Waals surface area contributed by atoms with Gasteiger partial charge >= 0.3 is 0 Å². The van der Waals surface area contributed by atoms with Crippen LogP contribution >= 0.6 is 0 Å². The third-order valence-electron chi connectivity index (χ3n) is 5.18. The second-order valence-electron chi connectivity index (χ2n) is 7.01. The molecular formula is C23H23N3O. The van der Waals surface area contributed by atoms with Gasteiger partial charge in [-0.05, 0) is 66.3 Å². The Balaban J connectivity index is 1.41. The maximum absolute atomic E-state index is 12.3. The van der Waals surface area contributed by atoms with Crippen LogP contribution in [0.15, 0.2) is 67.0 Å². The lowest BCUT2D eigenvalue weighted by Gasteiger charge is -2.15. The third-order valence-corrected chi connectivity index (χ3v) is 5.18. The summed E-state index contributed by atoms with van der Waals surface area (Å²) in [6, 6.07) is 18.4. The van der Waals surface area contributed by atoms with Crippen LogP contribution in [0.25, 0.3) is 0 Å². The number of carbonyl (C=O) groups excluding carboxylic acids is 1. The molecule has 0 saturated heterocycles. The molecule has 0 bridgehead atoms. The van der Waals surface area contributed by atoms with Crippen molar-refractivity contribution in [2.75, 3.05) is 5.32 Å². The summed E-state index contributed by atoms with van der Waals surface area (Å²) in [6.07, 6.45) is 5.52. The third kappa shape index (κ3) is 3.91. The molecule has 3 aromatic rings. The molecule has 2 N–H and O–H groups in total. The highest BCUT2D eigenvalue weighted by atomic mass is 16.1. The van der Waals surface area contributed by atoms with E-state index < -0.39 is 0 Å². The van der Waals surface area contributed by atoms with Crippen molar-refractivity contribution in [1.29, 1.82) is 0 Å². The van der Waals surface area contributed by atoms with Crippen LogP contribution in [0.4, 0.5) is 5.69 Å². The van der Waals surface area contributed by atoms with Crippen LogP contribution in [-0.4, -0.2) is 10.9 Å². The number of hydrogen-bond donors (Lipinski definition) is 2. The van der Waals surface area contributed by atoms with E-state index in [4.69, 9.17) is 0 Å². The SMILES string of the molecule is Cc1cccc2c1CCC2NCc1cccc(NC(=O)c2ccncc2)c1. The molecule has 0 saturated carbocycles. The molecule has 1 atom stereocenters.